The number of rotatable bonds is 9. The Morgan fingerprint density at radius 1 is 1.02 bits per heavy atom. The Kier molecular flexibility index (Phi) is 9.88. The molecule has 2 aromatic carbocycles. The molecule has 1 atom stereocenters. The van der Waals surface area contributed by atoms with E-state index in [0.29, 0.717) is 53.5 Å². The lowest BCUT2D eigenvalue weighted by Crippen LogP contribution is -2.52. The van der Waals surface area contributed by atoms with Gasteiger partial charge in [0.2, 0.25) is 17.6 Å². The van der Waals surface area contributed by atoms with Gasteiger partial charge in [0, 0.05) is 36.8 Å². The molecule has 1 saturated carbocycles. The number of nitrogens with zero attached hydrogens (tertiary/aromatic N) is 5. The number of anilines is 1. The summed E-state index contributed by atoms with van der Waals surface area (Å²) in [6, 6.07) is 13.1. The highest BCUT2D eigenvalue weighted by atomic mass is 35.5. The second kappa shape index (κ2) is 13.6. The summed E-state index contributed by atoms with van der Waals surface area (Å²) >= 11 is 0. The van der Waals surface area contributed by atoms with E-state index in [1.807, 2.05) is 0 Å². The van der Waals surface area contributed by atoms with E-state index in [1.54, 1.807) is 55.6 Å². The molecule has 2 amide bonds. The third-order valence-electron chi connectivity index (χ3n) is 7.96. The van der Waals surface area contributed by atoms with Crippen LogP contribution in [0.5, 0.6) is 0 Å². The van der Waals surface area contributed by atoms with E-state index in [1.165, 1.54) is 15.7 Å². The van der Waals surface area contributed by atoms with Crippen molar-refractivity contribution >= 4 is 29.9 Å². The van der Waals surface area contributed by atoms with Crippen LogP contribution in [0.2, 0.25) is 0 Å². The van der Waals surface area contributed by atoms with Crippen LogP contribution in [0.15, 0.2) is 64.3 Å². The van der Waals surface area contributed by atoms with Crippen LogP contribution in [0.1, 0.15) is 31.2 Å². The van der Waals surface area contributed by atoms with Gasteiger partial charge in [0.1, 0.15) is 6.04 Å². The predicted molar refractivity (Wildman–Crippen MR) is 163 cm³/mol. The van der Waals surface area contributed by atoms with Crippen molar-refractivity contribution in [3.63, 3.8) is 0 Å². The number of aromatic nitrogens is 6. The molecule has 2 aromatic heterocycles. The summed E-state index contributed by atoms with van der Waals surface area (Å²) in [6.07, 6.45) is 4.71. The summed E-state index contributed by atoms with van der Waals surface area (Å²) in [4.78, 5) is 54.9. The number of H-pyrrole nitrogens is 2. The summed E-state index contributed by atoms with van der Waals surface area (Å²) in [6.45, 7) is 0.591. The van der Waals surface area contributed by atoms with E-state index >= 15 is 0 Å². The topological polar surface area (TPSA) is 199 Å². The Hall–Kier alpha value is -4.62. The average molecular weight is 608 g/mol. The first-order chi connectivity index (χ1) is 20.2. The number of halogens is 1. The molecule has 226 valence electrons. The SMILES string of the molecule is Cl.Cn1cc(-c2ccc(C[C@@H](C(N)=O)N(c3ccc(-c4nn[nH]n4)cc3)C(=O)[C@H]3CC[C@H](CN)CC3)cc2)c(=O)[nH]c1=O. The van der Waals surface area contributed by atoms with Gasteiger partial charge in [-0.15, -0.1) is 22.6 Å². The van der Waals surface area contributed by atoms with E-state index in [2.05, 4.69) is 25.6 Å². The minimum Gasteiger partial charge on any atom is -0.368 e. The lowest BCUT2D eigenvalue weighted by Gasteiger charge is -2.35. The molecule has 0 radical (unpaired) electrons. The molecule has 5 rings (SSSR count). The lowest BCUT2D eigenvalue weighted by molar-refractivity contribution is -0.127. The van der Waals surface area contributed by atoms with E-state index < -0.39 is 23.2 Å². The summed E-state index contributed by atoms with van der Waals surface area (Å²) < 4.78 is 1.29. The van der Waals surface area contributed by atoms with Gasteiger partial charge in [-0.3, -0.25) is 24.3 Å². The Morgan fingerprint density at radius 3 is 2.26 bits per heavy atom. The molecule has 1 aliphatic rings. The van der Waals surface area contributed by atoms with Gasteiger partial charge in [-0.1, -0.05) is 24.3 Å². The molecule has 0 bridgehead atoms. The number of nitrogens with two attached hydrogens (primary N) is 2. The molecular formula is C29H34ClN9O4. The Bertz CT molecular complexity index is 1660. The number of hydrogen-bond donors (Lipinski definition) is 4. The number of nitrogens with one attached hydrogen (secondary N) is 2. The molecule has 0 aliphatic heterocycles. The van der Waals surface area contributed by atoms with E-state index in [9.17, 15) is 19.2 Å². The summed E-state index contributed by atoms with van der Waals surface area (Å²) in [5.74, 6) is -0.259. The van der Waals surface area contributed by atoms with Gasteiger partial charge in [-0.25, -0.2) is 4.79 Å². The van der Waals surface area contributed by atoms with Gasteiger partial charge >= 0.3 is 5.69 Å². The first-order valence-corrected chi connectivity index (χ1v) is 13.8. The standard InChI is InChI=1S/C29H33N9O4.ClH/c1-37-16-23(27(40)32-29(37)42)19-6-2-17(3-7-19)14-24(25(31)39)38(28(41)21-8-4-18(15-30)5-9-21)22-12-10-20(11-13-22)26-33-35-36-34-26;/h2-3,6-7,10-13,16,18,21,24H,4-5,8-9,14-15,30H2,1H3,(H2,31,39)(H,32,40,42)(H,33,34,35,36);1H/t18-,21-,24-;/m0./s1. The fraction of sp³-hybridized carbons (Fsp3) is 0.345. The number of benzene rings is 2. The molecule has 13 nitrogen and oxygen atoms in total. The Morgan fingerprint density at radius 2 is 1.67 bits per heavy atom. The summed E-state index contributed by atoms with van der Waals surface area (Å²) in [5.41, 5.74) is 13.7. The highest BCUT2D eigenvalue weighted by molar-refractivity contribution is 6.01. The van der Waals surface area contributed by atoms with Gasteiger partial charge in [-0.05, 0) is 78.8 Å². The van der Waals surface area contributed by atoms with Crippen molar-refractivity contribution < 1.29 is 9.59 Å². The lowest BCUT2D eigenvalue weighted by atomic mass is 9.81. The van der Waals surface area contributed by atoms with Crippen LogP contribution in [-0.4, -0.2) is 54.6 Å². The van der Waals surface area contributed by atoms with Crippen LogP contribution >= 0.6 is 12.4 Å². The number of primary amides is 1. The number of tetrazole rings is 1. The van der Waals surface area contributed by atoms with Crippen LogP contribution in [0, 0.1) is 11.8 Å². The third kappa shape index (κ3) is 6.89. The van der Waals surface area contributed by atoms with E-state index in [-0.39, 0.29) is 30.7 Å². The molecule has 0 unspecified atom stereocenters. The van der Waals surface area contributed by atoms with Crippen molar-refractivity contribution in [2.45, 2.75) is 38.1 Å². The molecule has 0 saturated heterocycles. The first-order valence-electron chi connectivity index (χ1n) is 13.8. The number of aromatic amines is 2. The molecule has 14 heteroatoms. The number of aryl methyl sites for hydroxylation is 1. The first kappa shape index (κ1) is 31.3. The molecule has 43 heavy (non-hydrogen) atoms. The molecule has 0 spiro atoms. The van der Waals surface area contributed by atoms with Crippen molar-refractivity contribution in [3.8, 4) is 22.5 Å². The van der Waals surface area contributed by atoms with Crippen molar-refractivity contribution in [1.82, 2.24) is 30.2 Å². The number of hydrogen-bond acceptors (Lipinski definition) is 8. The number of carbonyl (C=O) groups excluding carboxylic acids is 2. The van der Waals surface area contributed by atoms with Crippen LogP contribution < -0.4 is 27.6 Å². The molecule has 6 N–H and O–H groups in total. The highest BCUT2D eigenvalue weighted by Crippen LogP contribution is 2.33. The van der Waals surface area contributed by atoms with Gasteiger partial charge in [0.25, 0.3) is 5.56 Å². The summed E-state index contributed by atoms with van der Waals surface area (Å²) in [7, 11) is 1.55. The summed E-state index contributed by atoms with van der Waals surface area (Å²) in [5, 5.41) is 14.0. The third-order valence-corrected chi connectivity index (χ3v) is 7.96. The maximum Gasteiger partial charge on any atom is 0.328 e. The fourth-order valence-corrected chi connectivity index (χ4v) is 5.49. The van der Waals surface area contributed by atoms with Crippen LogP contribution in [-0.2, 0) is 23.1 Å². The fourth-order valence-electron chi connectivity index (χ4n) is 5.49. The maximum atomic E-state index is 14.1. The largest absolute Gasteiger partial charge is 0.368 e. The van der Waals surface area contributed by atoms with Crippen LogP contribution in [0.25, 0.3) is 22.5 Å². The average Bonchev–Trinajstić information content (AvgIpc) is 3.54. The quantitative estimate of drug-likeness (QED) is 0.219. The molecule has 1 aliphatic carbocycles. The van der Waals surface area contributed by atoms with Gasteiger partial charge in [-0.2, -0.15) is 5.21 Å². The zero-order valence-electron chi connectivity index (χ0n) is 23.6. The molecule has 2 heterocycles. The van der Waals surface area contributed by atoms with Crippen LogP contribution in [0.4, 0.5) is 5.69 Å². The normalized spacial score (nSPS) is 17.1. The minimum absolute atomic E-state index is 0. The van der Waals surface area contributed by atoms with Crippen LogP contribution in [0.3, 0.4) is 0 Å². The molecular weight excluding hydrogens is 574 g/mol. The van der Waals surface area contributed by atoms with Crippen molar-refractivity contribution in [1.29, 1.82) is 0 Å². The smallest absolute Gasteiger partial charge is 0.328 e. The van der Waals surface area contributed by atoms with Gasteiger partial charge in [0.05, 0.1) is 5.56 Å². The maximum absolute atomic E-state index is 14.1. The predicted octanol–water partition coefficient (Wildman–Crippen LogP) is 1.54. The van der Waals surface area contributed by atoms with Gasteiger partial charge < -0.3 is 16.0 Å². The number of amides is 2. The monoisotopic (exact) mass is 607 g/mol. The Labute approximate surface area is 253 Å². The Balaban J connectivity index is 0.00000423. The second-order valence-corrected chi connectivity index (χ2v) is 10.7. The molecule has 1 fully saturated rings. The van der Waals surface area contributed by atoms with Gasteiger partial charge in [0.15, 0.2) is 0 Å². The zero-order chi connectivity index (χ0) is 29.8. The van der Waals surface area contributed by atoms with E-state index in [0.717, 1.165) is 18.4 Å². The molecule has 4 aromatic rings. The zero-order valence-corrected chi connectivity index (χ0v) is 24.4. The van der Waals surface area contributed by atoms with Crippen molar-refractivity contribution in [2.24, 2.45) is 30.4 Å². The minimum atomic E-state index is -0.965. The second-order valence-electron chi connectivity index (χ2n) is 10.7. The highest BCUT2D eigenvalue weighted by Gasteiger charge is 2.36. The number of carbonyl (C=O) groups is 2. The van der Waals surface area contributed by atoms with E-state index in [4.69, 9.17) is 11.5 Å². The van der Waals surface area contributed by atoms with Crippen molar-refractivity contribution in [2.75, 3.05) is 11.4 Å². The van der Waals surface area contributed by atoms with Crippen molar-refractivity contribution in [3.05, 3.63) is 81.1 Å².